The van der Waals surface area contributed by atoms with Crippen LogP contribution < -0.4 is 5.32 Å². The van der Waals surface area contributed by atoms with Gasteiger partial charge in [-0.2, -0.15) is 0 Å². The number of nitrogens with zero attached hydrogens (tertiary/aromatic N) is 2. The number of hydrogen-bond acceptors (Lipinski definition) is 5. The third-order valence-electron chi connectivity index (χ3n) is 3.04. The minimum absolute atomic E-state index is 0.00160. The molecular weight excluding hydrogens is 314 g/mol. The van der Waals surface area contributed by atoms with E-state index >= 15 is 0 Å². The Morgan fingerprint density at radius 3 is 2.43 bits per heavy atom. The smallest absolute Gasteiger partial charge is 0.269 e. The zero-order valence-corrected chi connectivity index (χ0v) is 12.6. The Hall–Kier alpha value is -2.93. The molecule has 0 spiro atoms. The van der Waals surface area contributed by atoms with Gasteiger partial charge in [-0.05, 0) is 35.5 Å². The Labute approximate surface area is 136 Å². The molecular formula is C16H11N3O3S. The van der Waals surface area contributed by atoms with Crippen LogP contribution in [0.4, 0.5) is 11.4 Å². The van der Waals surface area contributed by atoms with Gasteiger partial charge in [-0.1, -0.05) is 30.3 Å². The van der Waals surface area contributed by atoms with Crippen LogP contribution in [0.5, 0.6) is 0 Å². The van der Waals surface area contributed by atoms with Crippen LogP contribution in [0.2, 0.25) is 0 Å². The molecule has 1 heterocycles. The predicted octanol–water partition coefficient (Wildman–Crippen LogP) is 3.49. The van der Waals surface area contributed by atoms with Crippen molar-refractivity contribution in [3.63, 3.8) is 0 Å². The summed E-state index contributed by atoms with van der Waals surface area (Å²) in [5.74, 6) is -0.209. The average molecular weight is 325 g/mol. The number of nitro benzene ring substituents is 1. The largest absolute Gasteiger partial charge is 0.300 e. The highest BCUT2D eigenvalue weighted by Crippen LogP contribution is 2.28. The molecule has 1 N–H and O–H groups in total. The quantitative estimate of drug-likeness (QED) is 0.532. The van der Waals surface area contributed by atoms with Gasteiger partial charge in [0.1, 0.15) is 0 Å². The Morgan fingerprint density at radius 2 is 1.78 bits per heavy atom. The van der Waals surface area contributed by atoms with Gasteiger partial charge in [-0.15, -0.1) is 0 Å². The van der Waals surface area contributed by atoms with E-state index in [0.717, 1.165) is 5.56 Å². The molecule has 0 radical (unpaired) electrons. The maximum absolute atomic E-state index is 12.0. The third-order valence-corrected chi connectivity index (χ3v) is 3.95. The lowest BCUT2D eigenvalue weighted by Crippen LogP contribution is -2.19. The monoisotopic (exact) mass is 325 g/mol. The summed E-state index contributed by atoms with van der Waals surface area (Å²) in [6.07, 6.45) is 1.79. The highest BCUT2D eigenvalue weighted by atomic mass is 32.2. The zero-order valence-electron chi connectivity index (χ0n) is 11.8. The Bertz CT molecular complexity index is 814. The van der Waals surface area contributed by atoms with Crippen LogP contribution in [0.3, 0.4) is 0 Å². The Morgan fingerprint density at radius 1 is 1.09 bits per heavy atom. The first-order chi connectivity index (χ1) is 11.1. The SMILES string of the molecule is O=C1NC(=Nc2ccc([N+](=O)[O-])cc2)S/C1=C\c1ccccc1. The summed E-state index contributed by atoms with van der Waals surface area (Å²) in [7, 11) is 0. The lowest BCUT2D eigenvalue weighted by molar-refractivity contribution is -0.384. The molecule has 0 aromatic heterocycles. The molecule has 1 aliphatic rings. The first kappa shape index (κ1) is 15.0. The van der Waals surface area contributed by atoms with E-state index in [1.54, 1.807) is 6.08 Å². The van der Waals surface area contributed by atoms with Crippen molar-refractivity contribution in [2.75, 3.05) is 0 Å². The Balaban J connectivity index is 1.79. The summed E-state index contributed by atoms with van der Waals surface area (Å²) in [5, 5.41) is 13.7. The normalized spacial score (nSPS) is 17.5. The fraction of sp³-hybridized carbons (Fsp3) is 0. The molecule has 0 bridgehead atoms. The number of non-ortho nitro benzene ring substituents is 1. The molecule has 1 amide bonds. The number of rotatable bonds is 3. The number of amides is 1. The van der Waals surface area contributed by atoms with Crippen molar-refractivity contribution in [3.05, 3.63) is 75.2 Å². The van der Waals surface area contributed by atoms with Crippen LogP contribution in [0.25, 0.3) is 6.08 Å². The maximum Gasteiger partial charge on any atom is 0.269 e. The standard InChI is InChI=1S/C16H11N3O3S/c20-15-14(10-11-4-2-1-3-5-11)23-16(18-15)17-12-6-8-13(9-7-12)19(21)22/h1-10H,(H,17,18,20)/b14-10-. The van der Waals surface area contributed by atoms with Gasteiger partial charge >= 0.3 is 0 Å². The second-order valence-corrected chi connectivity index (χ2v) is 5.70. The van der Waals surface area contributed by atoms with Gasteiger partial charge < -0.3 is 5.32 Å². The van der Waals surface area contributed by atoms with Crippen LogP contribution in [0.1, 0.15) is 5.56 Å². The van der Waals surface area contributed by atoms with Gasteiger partial charge in [0.05, 0.1) is 15.5 Å². The summed E-state index contributed by atoms with van der Waals surface area (Å²) < 4.78 is 0. The van der Waals surface area contributed by atoms with Gasteiger partial charge in [0.15, 0.2) is 5.17 Å². The van der Waals surface area contributed by atoms with Crippen LogP contribution in [0.15, 0.2) is 64.5 Å². The van der Waals surface area contributed by atoms with Crippen molar-refractivity contribution < 1.29 is 9.72 Å². The van der Waals surface area contributed by atoms with Crippen LogP contribution >= 0.6 is 11.8 Å². The van der Waals surface area contributed by atoms with Gasteiger partial charge in [0.25, 0.3) is 11.6 Å². The van der Waals surface area contributed by atoms with Crippen LogP contribution in [-0.2, 0) is 4.79 Å². The molecule has 2 aromatic carbocycles. The summed E-state index contributed by atoms with van der Waals surface area (Å²) >= 11 is 1.24. The lowest BCUT2D eigenvalue weighted by atomic mass is 10.2. The van der Waals surface area contributed by atoms with Gasteiger partial charge in [0, 0.05) is 12.1 Å². The second-order valence-electron chi connectivity index (χ2n) is 4.67. The van der Waals surface area contributed by atoms with Crippen LogP contribution in [-0.4, -0.2) is 16.0 Å². The number of benzene rings is 2. The van der Waals surface area contributed by atoms with E-state index in [0.29, 0.717) is 15.8 Å². The van der Waals surface area contributed by atoms with Crippen molar-refractivity contribution in [3.8, 4) is 0 Å². The fourth-order valence-corrected chi connectivity index (χ4v) is 2.79. The third kappa shape index (κ3) is 3.64. The number of nitro groups is 1. The predicted molar refractivity (Wildman–Crippen MR) is 90.3 cm³/mol. The van der Waals surface area contributed by atoms with Gasteiger partial charge in [-0.25, -0.2) is 4.99 Å². The molecule has 23 heavy (non-hydrogen) atoms. The van der Waals surface area contributed by atoms with Crippen molar-refractivity contribution in [2.45, 2.75) is 0 Å². The molecule has 7 heteroatoms. The highest BCUT2D eigenvalue weighted by molar-refractivity contribution is 8.18. The molecule has 3 rings (SSSR count). The number of carbonyl (C=O) groups excluding carboxylic acids is 1. The van der Waals surface area contributed by atoms with Crippen molar-refractivity contribution in [1.82, 2.24) is 5.32 Å². The van der Waals surface area contributed by atoms with E-state index in [-0.39, 0.29) is 11.6 Å². The summed E-state index contributed by atoms with van der Waals surface area (Å²) in [5.41, 5.74) is 1.47. The summed E-state index contributed by atoms with van der Waals surface area (Å²) in [6, 6.07) is 15.4. The van der Waals surface area contributed by atoms with Crippen molar-refractivity contribution >= 4 is 40.3 Å². The van der Waals surface area contributed by atoms with Crippen molar-refractivity contribution in [1.29, 1.82) is 0 Å². The first-order valence-electron chi connectivity index (χ1n) is 6.71. The average Bonchev–Trinajstić information content (AvgIpc) is 2.88. The number of nitrogens with one attached hydrogen (secondary N) is 1. The minimum Gasteiger partial charge on any atom is -0.300 e. The number of amidine groups is 1. The number of hydrogen-bond donors (Lipinski definition) is 1. The van der Waals surface area contributed by atoms with Gasteiger partial charge in [-0.3, -0.25) is 14.9 Å². The topological polar surface area (TPSA) is 84.6 Å². The summed E-state index contributed by atoms with van der Waals surface area (Å²) in [6.45, 7) is 0. The lowest BCUT2D eigenvalue weighted by Gasteiger charge is -1.96. The molecule has 114 valence electrons. The van der Waals surface area contributed by atoms with E-state index < -0.39 is 4.92 Å². The van der Waals surface area contributed by atoms with E-state index in [1.165, 1.54) is 36.0 Å². The van der Waals surface area contributed by atoms with E-state index in [2.05, 4.69) is 10.3 Å². The maximum atomic E-state index is 12.0. The fourth-order valence-electron chi connectivity index (χ4n) is 1.95. The highest BCUT2D eigenvalue weighted by Gasteiger charge is 2.23. The zero-order chi connectivity index (χ0) is 16.2. The molecule has 1 fully saturated rings. The molecule has 1 aliphatic heterocycles. The van der Waals surface area contributed by atoms with Crippen LogP contribution in [0, 0.1) is 10.1 Å². The first-order valence-corrected chi connectivity index (χ1v) is 7.52. The van der Waals surface area contributed by atoms with E-state index in [1.807, 2.05) is 30.3 Å². The molecule has 0 aliphatic carbocycles. The van der Waals surface area contributed by atoms with Gasteiger partial charge in [0.2, 0.25) is 0 Å². The van der Waals surface area contributed by atoms with Crippen molar-refractivity contribution in [2.24, 2.45) is 4.99 Å². The molecule has 1 saturated heterocycles. The van der Waals surface area contributed by atoms with E-state index in [9.17, 15) is 14.9 Å². The number of thioether (sulfide) groups is 1. The molecule has 0 saturated carbocycles. The molecule has 0 unspecified atom stereocenters. The summed E-state index contributed by atoms with van der Waals surface area (Å²) in [4.78, 5) is 26.9. The Kier molecular flexibility index (Phi) is 4.20. The molecule has 0 atom stereocenters. The minimum atomic E-state index is -0.469. The number of carbonyl (C=O) groups is 1. The molecule has 6 nitrogen and oxygen atoms in total. The van der Waals surface area contributed by atoms with E-state index in [4.69, 9.17) is 0 Å². The molecule has 2 aromatic rings. The second kappa shape index (κ2) is 6.45. The number of aliphatic imine (C=N–C) groups is 1.